The molecule has 0 unspecified atom stereocenters. The predicted molar refractivity (Wildman–Crippen MR) is 136 cm³/mol. The van der Waals surface area contributed by atoms with Crippen molar-refractivity contribution in [3.63, 3.8) is 0 Å². The van der Waals surface area contributed by atoms with Gasteiger partial charge in [0.15, 0.2) is 0 Å². The number of halogens is 2. The topological polar surface area (TPSA) is 42.0 Å². The van der Waals surface area contributed by atoms with Gasteiger partial charge in [-0.1, -0.05) is 29.8 Å². The van der Waals surface area contributed by atoms with Gasteiger partial charge in [-0.05, 0) is 61.4 Å². The van der Waals surface area contributed by atoms with Gasteiger partial charge < -0.3 is 14.4 Å². The SMILES string of the molecule is COc1ccc(C(=O)N2CCN(Cc3c(F)cccc3Cl)CC2)cc1COc1cc(C)ccc1C. The quantitative estimate of drug-likeness (QED) is 0.424. The molecule has 7 heteroatoms. The molecule has 0 aliphatic carbocycles. The van der Waals surface area contributed by atoms with Crippen molar-refractivity contribution in [1.29, 1.82) is 0 Å². The molecule has 1 aliphatic heterocycles. The van der Waals surface area contributed by atoms with E-state index in [0.29, 0.717) is 61.2 Å². The van der Waals surface area contributed by atoms with E-state index in [0.717, 1.165) is 22.4 Å². The second-order valence-electron chi connectivity index (χ2n) is 8.85. The number of piperazine rings is 1. The number of rotatable bonds is 7. The fourth-order valence-corrected chi connectivity index (χ4v) is 4.46. The van der Waals surface area contributed by atoms with E-state index in [2.05, 4.69) is 4.90 Å². The van der Waals surface area contributed by atoms with Crippen molar-refractivity contribution in [2.24, 2.45) is 0 Å². The Bertz CT molecular complexity index is 1190. The number of carbonyl (C=O) groups is 1. The summed E-state index contributed by atoms with van der Waals surface area (Å²) in [6.45, 7) is 7.17. The van der Waals surface area contributed by atoms with E-state index < -0.39 is 0 Å². The first-order chi connectivity index (χ1) is 16.9. The molecule has 5 nitrogen and oxygen atoms in total. The maximum absolute atomic E-state index is 14.1. The van der Waals surface area contributed by atoms with Crippen LogP contribution in [0.2, 0.25) is 5.02 Å². The molecule has 1 heterocycles. The summed E-state index contributed by atoms with van der Waals surface area (Å²) in [4.78, 5) is 17.2. The van der Waals surface area contributed by atoms with Gasteiger partial charge in [0.1, 0.15) is 23.9 Å². The summed E-state index contributed by atoms with van der Waals surface area (Å²) in [5, 5.41) is 0.428. The van der Waals surface area contributed by atoms with Crippen molar-refractivity contribution in [3.8, 4) is 11.5 Å². The number of aryl methyl sites for hydroxylation is 2. The lowest BCUT2D eigenvalue weighted by molar-refractivity contribution is 0.0627. The van der Waals surface area contributed by atoms with Gasteiger partial charge in [-0.15, -0.1) is 0 Å². The van der Waals surface area contributed by atoms with Crippen LogP contribution < -0.4 is 9.47 Å². The zero-order valence-corrected chi connectivity index (χ0v) is 21.1. The van der Waals surface area contributed by atoms with Crippen LogP contribution in [0.4, 0.5) is 4.39 Å². The third kappa shape index (κ3) is 5.95. The van der Waals surface area contributed by atoms with Crippen LogP contribution in [0, 0.1) is 19.7 Å². The van der Waals surface area contributed by atoms with Crippen LogP contribution in [-0.4, -0.2) is 49.0 Å². The molecule has 184 valence electrons. The number of ether oxygens (including phenoxy) is 2. The molecule has 0 bridgehead atoms. The average molecular weight is 497 g/mol. The fourth-order valence-electron chi connectivity index (χ4n) is 4.24. The number of benzene rings is 3. The molecule has 3 aromatic carbocycles. The lowest BCUT2D eigenvalue weighted by Gasteiger charge is -2.35. The van der Waals surface area contributed by atoms with Crippen molar-refractivity contribution in [2.45, 2.75) is 27.0 Å². The highest BCUT2D eigenvalue weighted by molar-refractivity contribution is 6.31. The molecule has 0 N–H and O–H groups in total. The Morgan fingerprint density at radius 2 is 1.77 bits per heavy atom. The minimum Gasteiger partial charge on any atom is -0.496 e. The molecular weight excluding hydrogens is 467 g/mol. The number of methoxy groups -OCH3 is 1. The summed E-state index contributed by atoms with van der Waals surface area (Å²) in [6.07, 6.45) is 0. The second-order valence-corrected chi connectivity index (χ2v) is 9.26. The van der Waals surface area contributed by atoms with Gasteiger partial charge in [-0.3, -0.25) is 9.69 Å². The average Bonchev–Trinajstić information content (AvgIpc) is 2.86. The van der Waals surface area contributed by atoms with Crippen LogP contribution in [0.1, 0.15) is 32.6 Å². The van der Waals surface area contributed by atoms with Crippen molar-refractivity contribution in [1.82, 2.24) is 9.80 Å². The molecule has 0 atom stereocenters. The smallest absolute Gasteiger partial charge is 0.253 e. The van der Waals surface area contributed by atoms with Gasteiger partial charge in [0, 0.05) is 54.4 Å². The summed E-state index contributed by atoms with van der Waals surface area (Å²) >= 11 is 6.18. The van der Waals surface area contributed by atoms with E-state index in [1.165, 1.54) is 6.07 Å². The first kappa shape index (κ1) is 25.0. The molecule has 4 rings (SSSR count). The number of amides is 1. The Hall–Kier alpha value is -3.09. The minimum absolute atomic E-state index is 0.0378. The Morgan fingerprint density at radius 1 is 1.00 bits per heavy atom. The lowest BCUT2D eigenvalue weighted by Crippen LogP contribution is -2.48. The summed E-state index contributed by atoms with van der Waals surface area (Å²) in [7, 11) is 1.61. The van der Waals surface area contributed by atoms with Gasteiger partial charge in [0.2, 0.25) is 0 Å². The Balaban J connectivity index is 1.41. The lowest BCUT2D eigenvalue weighted by atomic mass is 10.1. The highest BCUT2D eigenvalue weighted by Crippen LogP contribution is 2.26. The highest BCUT2D eigenvalue weighted by atomic mass is 35.5. The van der Waals surface area contributed by atoms with E-state index >= 15 is 0 Å². The van der Waals surface area contributed by atoms with Crippen LogP contribution >= 0.6 is 11.6 Å². The summed E-state index contributed by atoms with van der Waals surface area (Å²) in [5.74, 6) is 1.15. The van der Waals surface area contributed by atoms with E-state index in [9.17, 15) is 9.18 Å². The molecule has 35 heavy (non-hydrogen) atoms. The maximum Gasteiger partial charge on any atom is 0.253 e. The third-order valence-corrected chi connectivity index (χ3v) is 6.71. The van der Waals surface area contributed by atoms with E-state index in [-0.39, 0.29) is 11.7 Å². The van der Waals surface area contributed by atoms with Crippen molar-refractivity contribution >= 4 is 17.5 Å². The predicted octanol–water partition coefficient (Wildman–Crippen LogP) is 5.64. The number of carbonyl (C=O) groups excluding carboxylic acids is 1. The molecule has 1 saturated heterocycles. The fraction of sp³-hybridized carbons (Fsp3) is 0.321. The molecule has 0 radical (unpaired) electrons. The van der Waals surface area contributed by atoms with Gasteiger partial charge in [0.25, 0.3) is 5.91 Å². The summed E-state index contributed by atoms with van der Waals surface area (Å²) < 4.78 is 25.7. The van der Waals surface area contributed by atoms with Crippen LogP contribution in [-0.2, 0) is 13.2 Å². The molecule has 0 saturated carbocycles. The van der Waals surface area contributed by atoms with E-state index in [1.54, 1.807) is 25.3 Å². The molecule has 0 spiro atoms. The first-order valence-corrected chi connectivity index (χ1v) is 12.0. The van der Waals surface area contributed by atoms with E-state index in [4.69, 9.17) is 21.1 Å². The highest BCUT2D eigenvalue weighted by Gasteiger charge is 2.24. The maximum atomic E-state index is 14.1. The van der Waals surface area contributed by atoms with Crippen molar-refractivity contribution in [3.05, 3.63) is 93.3 Å². The van der Waals surface area contributed by atoms with Crippen molar-refractivity contribution < 1.29 is 18.7 Å². The second kappa shape index (κ2) is 11.1. The van der Waals surface area contributed by atoms with Crippen LogP contribution in [0.3, 0.4) is 0 Å². The van der Waals surface area contributed by atoms with Crippen LogP contribution in [0.25, 0.3) is 0 Å². The first-order valence-electron chi connectivity index (χ1n) is 11.7. The van der Waals surface area contributed by atoms with E-state index in [1.807, 2.05) is 49.1 Å². The molecule has 1 fully saturated rings. The zero-order chi connectivity index (χ0) is 24.9. The number of hydrogen-bond acceptors (Lipinski definition) is 4. The van der Waals surface area contributed by atoms with Gasteiger partial charge in [-0.2, -0.15) is 0 Å². The van der Waals surface area contributed by atoms with Gasteiger partial charge in [0.05, 0.1) is 7.11 Å². The Morgan fingerprint density at radius 3 is 2.49 bits per heavy atom. The van der Waals surface area contributed by atoms with Gasteiger partial charge in [-0.25, -0.2) is 4.39 Å². The molecule has 3 aromatic rings. The Kier molecular flexibility index (Phi) is 7.93. The number of nitrogens with zero attached hydrogens (tertiary/aromatic N) is 2. The molecule has 1 aliphatic rings. The standard InChI is InChI=1S/C28H30ClFN2O3/c1-19-7-8-20(2)27(15-19)35-18-22-16-21(9-10-26(22)34-3)28(33)32-13-11-31(12-14-32)17-23-24(29)5-4-6-25(23)30/h4-10,15-16H,11-14,17-18H2,1-3H3. The molecular formula is C28H30ClFN2O3. The van der Waals surface area contributed by atoms with Crippen LogP contribution in [0.5, 0.6) is 11.5 Å². The van der Waals surface area contributed by atoms with Crippen molar-refractivity contribution in [2.75, 3.05) is 33.3 Å². The van der Waals surface area contributed by atoms with Crippen LogP contribution in [0.15, 0.2) is 54.6 Å². The third-order valence-electron chi connectivity index (χ3n) is 6.36. The summed E-state index contributed by atoms with van der Waals surface area (Å²) in [6, 6.07) is 16.3. The molecule has 0 aromatic heterocycles. The summed E-state index contributed by atoms with van der Waals surface area (Å²) in [5.41, 5.74) is 4.08. The Labute approximate surface area is 211 Å². The minimum atomic E-state index is -0.301. The monoisotopic (exact) mass is 496 g/mol. The zero-order valence-electron chi connectivity index (χ0n) is 20.3. The van der Waals surface area contributed by atoms with Gasteiger partial charge >= 0.3 is 0 Å². The number of hydrogen-bond donors (Lipinski definition) is 0. The normalized spacial score (nSPS) is 14.1. The largest absolute Gasteiger partial charge is 0.496 e. The molecule has 1 amide bonds.